The van der Waals surface area contributed by atoms with E-state index >= 15 is 0 Å². The molecular formula is C24H28N6. The van der Waals surface area contributed by atoms with E-state index in [1.54, 1.807) is 17.1 Å². The first kappa shape index (κ1) is 20.0. The van der Waals surface area contributed by atoms with Crippen LogP contribution in [0.4, 0.5) is 0 Å². The Hall–Kier alpha value is -3.28. The van der Waals surface area contributed by atoms with E-state index < -0.39 is 0 Å². The van der Waals surface area contributed by atoms with Crippen molar-refractivity contribution in [2.45, 2.75) is 51.4 Å². The number of hydrogen-bond donors (Lipinski definition) is 0. The van der Waals surface area contributed by atoms with Crippen LogP contribution in [-0.2, 0) is 10.8 Å². The van der Waals surface area contributed by atoms with Crippen molar-refractivity contribution in [1.82, 2.24) is 29.5 Å². The molecule has 0 spiro atoms. The van der Waals surface area contributed by atoms with Crippen molar-refractivity contribution >= 4 is 0 Å². The van der Waals surface area contributed by atoms with Gasteiger partial charge in [0, 0.05) is 37.2 Å². The standard InChI is InChI=1S/C24H28N6/c1-23(2,19-7-8-22(26-17-19)30-14-6-12-28-30)9-10-24(3,4)20-15-21(18-25-16-20)29-13-5-11-27-29/h5-8,11-18H,9-10H2,1-4H3. The Labute approximate surface area is 177 Å². The summed E-state index contributed by atoms with van der Waals surface area (Å²) in [4.78, 5) is 9.08. The Morgan fingerprint density at radius 3 is 2.03 bits per heavy atom. The summed E-state index contributed by atoms with van der Waals surface area (Å²) in [5.41, 5.74) is 3.45. The van der Waals surface area contributed by atoms with Crippen molar-refractivity contribution < 1.29 is 0 Å². The van der Waals surface area contributed by atoms with Gasteiger partial charge in [-0.25, -0.2) is 14.3 Å². The van der Waals surface area contributed by atoms with E-state index in [1.165, 1.54) is 11.1 Å². The fourth-order valence-electron chi connectivity index (χ4n) is 3.58. The average Bonchev–Trinajstić information content (AvgIpc) is 3.47. The molecule has 0 unspecified atom stereocenters. The van der Waals surface area contributed by atoms with Crippen LogP contribution in [0, 0.1) is 0 Å². The number of aromatic nitrogens is 6. The molecule has 4 rings (SSSR count). The average molecular weight is 401 g/mol. The minimum Gasteiger partial charge on any atom is -0.262 e. The molecule has 0 bridgehead atoms. The van der Waals surface area contributed by atoms with Gasteiger partial charge in [-0.05, 0) is 59.1 Å². The molecule has 4 aromatic heterocycles. The number of pyridine rings is 2. The summed E-state index contributed by atoms with van der Waals surface area (Å²) in [5, 5.41) is 8.57. The van der Waals surface area contributed by atoms with E-state index in [0.29, 0.717) is 0 Å². The molecule has 0 saturated carbocycles. The molecule has 0 radical (unpaired) electrons. The lowest BCUT2D eigenvalue weighted by Gasteiger charge is -2.32. The Morgan fingerprint density at radius 1 is 0.767 bits per heavy atom. The molecular weight excluding hydrogens is 372 g/mol. The number of nitrogens with zero attached hydrogens (tertiary/aromatic N) is 6. The fraction of sp³-hybridized carbons (Fsp3) is 0.333. The van der Waals surface area contributed by atoms with Crippen LogP contribution in [0.2, 0.25) is 0 Å². The second-order valence-corrected chi connectivity index (χ2v) is 9.01. The SMILES string of the molecule is CC(C)(CCC(C)(C)c1cncc(-n2cccn2)c1)c1ccc(-n2cccn2)nc1. The van der Waals surface area contributed by atoms with Crippen molar-refractivity contribution in [3.63, 3.8) is 0 Å². The Kier molecular flexibility index (Phi) is 5.24. The summed E-state index contributed by atoms with van der Waals surface area (Å²) in [7, 11) is 0. The first-order valence-electron chi connectivity index (χ1n) is 10.3. The van der Waals surface area contributed by atoms with Gasteiger partial charge in [-0.3, -0.25) is 4.98 Å². The normalized spacial score (nSPS) is 12.3. The van der Waals surface area contributed by atoms with Gasteiger partial charge in [0.1, 0.15) is 0 Å². The summed E-state index contributed by atoms with van der Waals surface area (Å²) in [6, 6.07) is 10.2. The van der Waals surface area contributed by atoms with Crippen LogP contribution in [0.1, 0.15) is 51.7 Å². The molecule has 30 heavy (non-hydrogen) atoms. The highest BCUT2D eigenvalue weighted by Crippen LogP contribution is 2.36. The largest absolute Gasteiger partial charge is 0.262 e. The molecule has 0 aromatic carbocycles. The minimum absolute atomic E-state index is 0.00410. The molecule has 0 saturated heterocycles. The highest BCUT2D eigenvalue weighted by molar-refractivity contribution is 5.35. The molecule has 0 N–H and O–H groups in total. The molecule has 0 atom stereocenters. The Balaban J connectivity index is 1.48. The molecule has 0 amide bonds. The van der Waals surface area contributed by atoms with Crippen LogP contribution >= 0.6 is 0 Å². The lowest BCUT2D eigenvalue weighted by Crippen LogP contribution is -2.25. The van der Waals surface area contributed by atoms with Crippen LogP contribution in [0.3, 0.4) is 0 Å². The summed E-state index contributed by atoms with van der Waals surface area (Å²) in [5.74, 6) is 0.835. The number of rotatable bonds is 7. The lowest BCUT2D eigenvalue weighted by atomic mass is 9.73. The van der Waals surface area contributed by atoms with Gasteiger partial charge >= 0.3 is 0 Å². The van der Waals surface area contributed by atoms with E-state index in [2.05, 4.69) is 60.0 Å². The molecule has 4 aromatic rings. The van der Waals surface area contributed by atoms with E-state index in [1.807, 2.05) is 53.9 Å². The molecule has 0 fully saturated rings. The number of hydrogen-bond acceptors (Lipinski definition) is 4. The maximum Gasteiger partial charge on any atom is 0.153 e. The Bertz CT molecular complexity index is 1080. The summed E-state index contributed by atoms with van der Waals surface area (Å²) < 4.78 is 3.63. The zero-order valence-electron chi connectivity index (χ0n) is 18.0. The zero-order chi connectivity index (χ0) is 21.2. The van der Waals surface area contributed by atoms with Crippen molar-refractivity contribution in [2.24, 2.45) is 0 Å². The zero-order valence-corrected chi connectivity index (χ0v) is 18.0. The summed E-state index contributed by atoms with van der Waals surface area (Å²) in [6.07, 6.45) is 15.3. The maximum absolute atomic E-state index is 4.61. The molecule has 4 heterocycles. The van der Waals surface area contributed by atoms with Gasteiger partial charge in [-0.1, -0.05) is 33.8 Å². The minimum atomic E-state index is -0.00410. The fourth-order valence-corrected chi connectivity index (χ4v) is 3.58. The van der Waals surface area contributed by atoms with Crippen molar-refractivity contribution in [3.05, 3.63) is 84.8 Å². The van der Waals surface area contributed by atoms with Gasteiger partial charge in [0.15, 0.2) is 5.82 Å². The van der Waals surface area contributed by atoms with Crippen molar-refractivity contribution in [1.29, 1.82) is 0 Å². The summed E-state index contributed by atoms with van der Waals surface area (Å²) in [6.45, 7) is 9.14. The van der Waals surface area contributed by atoms with E-state index in [9.17, 15) is 0 Å². The molecule has 6 nitrogen and oxygen atoms in total. The van der Waals surface area contributed by atoms with Crippen molar-refractivity contribution in [2.75, 3.05) is 0 Å². The predicted molar refractivity (Wildman–Crippen MR) is 118 cm³/mol. The summed E-state index contributed by atoms with van der Waals surface area (Å²) >= 11 is 0. The van der Waals surface area contributed by atoms with Gasteiger partial charge in [-0.2, -0.15) is 10.2 Å². The van der Waals surface area contributed by atoms with Crippen LogP contribution in [0.5, 0.6) is 0 Å². The molecule has 6 heteroatoms. The maximum atomic E-state index is 4.61. The third-order valence-corrected chi connectivity index (χ3v) is 5.92. The van der Waals surface area contributed by atoms with Crippen LogP contribution in [-0.4, -0.2) is 29.5 Å². The quantitative estimate of drug-likeness (QED) is 0.443. The Morgan fingerprint density at radius 2 is 1.43 bits per heavy atom. The predicted octanol–water partition coefficient (Wildman–Crippen LogP) is 4.88. The van der Waals surface area contributed by atoms with Gasteiger partial charge in [-0.15, -0.1) is 0 Å². The molecule has 0 aliphatic heterocycles. The molecule has 0 aliphatic carbocycles. The first-order valence-corrected chi connectivity index (χ1v) is 10.3. The third-order valence-electron chi connectivity index (χ3n) is 5.92. The smallest absolute Gasteiger partial charge is 0.153 e. The van der Waals surface area contributed by atoms with Gasteiger partial charge < -0.3 is 0 Å². The monoisotopic (exact) mass is 400 g/mol. The highest BCUT2D eigenvalue weighted by Gasteiger charge is 2.28. The first-order chi connectivity index (χ1) is 14.4. The van der Waals surface area contributed by atoms with E-state index in [4.69, 9.17) is 0 Å². The van der Waals surface area contributed by atoms with E-state index in [0.717, 1.165) is 24.3 Å². The van der Waals surface area contributed by atoms with Gasteiger partial charge in [0.25, 0.3) is 0 Å². The van der Waals surface area contributed by atoms with Crippen molar-refractivity contribution in [3.8, 4) is 11.5 Å². The molecule has 0 aliphatic rings. The second kappa shape index (κ2) is 7.86. The highest BCUT2D eigenvalue weighted by atomic mass is 15.3. The third kappa shape index (κ3) is 4.17. The molecule has 154 valence electrons. The van der Waals surface area contributed by atoms with Gasteiger partial charge in [0.05, 0.1) is 11.9 Å². The second-order valence-electron chi connectivity index (χ2n) is 9.01. The lowest BCUT2D eigenvalue weighted by molar-refractivity contribution is 0.373. The van der Waals surface area contributed by atoms with Crippen LogP contribution < -0.4 is 0 Å². The van der Waals surface area contributed by atoms with E-state index in [-0.39, 0.29) is 10.8 Å². The topological polar surface area (TPSA) is 61.4 Å². The van der Waals surface area contributed by atoms with Crippen LogP contribution in [0.15, 0.2) is 73.7 Å². The van der Waals surface area contributed by atoms with Crippen LogP contribution in [0.25, 0.3) is 11.5 Å². The van der Waals surface area contributed by atoms with Gasteiger partial charge in [0.2, 0.25) is 0 Å².